The molecule has 0 aliphatic heterocycles. The summed E-state index contributed by atoms with van der Waals surface area (Å²) in [6, 6.07) is 116. The molecule has 0 nitrogen and oxygen atoms in total. The summed E-state index contributed by atoms with van der Waals surface area (Å²) in [7, 11) is 0. The summed E-state index contributed by atoms with van der Waals surface area (Å²) in [5.41, 5.74) is 23.6. The van der Waals surface area contributed by atoms with Crippen LogP contribution in [-0.4, -0.2) is 0 Å². The van der Waals surface area contributed by atoms with E-state index in [1.54, 1.807) is 0 Å². The lowest BCUT2D eigenvalue weighted by Crippen LogP contribution is -2.02. The van der Waals surface area contributed by atoms with Gasteiger partial charge in [0.25, 0.3) is 0 Å². The van der Waals surface area contributed by atoms with Crippen LogP contribution in [0, 0.1) is 0 Å². The Balaban J connectivity index is 1.17. The topological polar surface area (TPSA) is 0 Å². The van der Waals surface area contributed by atoms with Crippen LogP contribution >= 0.6 is 0 Å². The molecule has 0 heterocycles. The zero-order valence-corrected chi connectivity index (χ0v) is 43.0. The van der Waals surface area contributed by atoms with Crippen LogP contribution in [0.25, 0.3) is 144 Å². The van der Waals surface area contributed by atoms with Crippen LogP contribution in [0.15, 0.2) is 315 Å². The number of fused-ring (bicyclic) bond motifs is 6. The van der Waals surface area contributed by atoms with Gasteiger partial charge in [0.1, 0.15) is 0 Å². The maximum Gasteiger partial charge on any atom is -0.000741 e. The smallest absolute Gasteiger partial charge is 0.000741 e. The van der Waals surface area contributed by atoms with Crippen molar-refractivity contribution >= 4 is 32.3 Å². The molecule has 0 spiro atoms. The highest BCUT2D eigenvalue weighted by atomic mass is 14.3. The Morgan fingerprint density at radius 1 is 0.103 bits per heavy atom. The zero-order chi connectivity index (χ0) is 51.8. The molecule has 0 fully saturated rings. The normalized spacial score (nSPS) is 11.3. The van der Waals surface area contributed by atoms with Gasteiger partial charge in [-0.15, -0.1) is 0 Å². The fraction of sp³-hybridized carbons (Fsp3) is 0. The highest BCUT2D eigenvalue weighted by Crippen LogP contribution is 2.58. The molecule has 364 valence electrons. The van der Waals surface area contributed by atoms with Crippen molar-refractivity contribution in [3.05, 3.63) is 315 Å². The molecule has 0 saturated heterocycles. The summed E-state index contributed by atoms with van der Waals surface area (Å²) >= 11 is 0. The van der Waals surface area contributed by atoms with E-state index >= 15 is 0 Å². The fourth-order valence-corrected chi connectivity index (χ4v) is 12.4. The van der Waals surface area contributed by atoms with Crippen LogP contribution < -0.4 is 0 Å². The molecule has 14 aromatic carbocycles. The predicted molar refractivity (Wildman–Crippen MR) is 333 cm³/mol. The van der Waals surface area contributed by atoms with E-state index in [9.17, 15) is 0 Å². The first-order valence-electron chi connectivity index (χ1n) is 27.0. The van der Waals surface area contributed by atoms with Crippen molar-refractivity contribution in [2.45, 2.75) is 0 Å². The number of rotatable bonds is 10. The summed E-state index contributed by atoms with van der Waals surface area (Å²) in [6.07, 6.45) is 0. The molecule has 0 N–H and O–H groups in total. The maximum absolute atomic E-state index is 2.41. The van der Waals surface area contributed by atoms with E-state index in [1.807, 2.05) is 0 Å². The molecule has 14 aromatic rings. The Bertz CT molecular complexity index is 4340. The van der Waals surface area contributed by atoms with Gasteiger partial charge in [-0.3, -0.25) is 0 Å². The van der Waals surface area contributed by atoms with Gasteiger partial charge in [-0.25, -0.2) is 0 Å². The maximum atomic E-state index is 2.41. The van der Waals surface area contributed by atoms with Gasteiger partial charge in [0.05, 0.1) is 0 Å². The molecular formula is C78H52. The van der Waals surface area contributed by atoms with Gasteiger partial charge >= 0.3 is 0 Å². The average Bonchev–Trinajstić information content (AvgIpc) is 3.71. The standard InChI is InChI=1S/C78H52/c1-9-29-53(30-10-1)67-68(54-31-11-2-12-32-54)70(56-35-15-4-16-36-56)73(71(57-37-17-5-18-38-57)69(67)55-33-13-3-14-34-55)61-49-51-62(52-50-61)74-72(58-39-19-6-20-40-58)75(59-41-21-7-22-42-59)77-65-47-27-25-45-63(65)64-46-26-28-48-66(64)78(77)76(74)60-43-23-8-24-44-60/h1-52H. The van der Waals surface area contributed by atoms with Crippen molar-refractivity contribution in [1.82, 2.24) is 0 Å². The molecule has 0 aliphatic rings. The second-order valence-electron chi connectivity index (χ2n) is 20.1. The third-order valence-corrected chi connectivity index (χ3v) is 15.6. The fourth-order valence-electron chi connectivity index (χ4n) is 12.4. The molecule has 0 atom stereocenters. The minimum atomic E-state index is 1.13. The number of benzene rings is 14. The van der Waals surface area contributed by atoms with Crippen molar-refractivity contribution in [2.24, 2.45) is 0 Å². The third-order valence-electron chi connectivity index (χ3n) is 15.6. The average molecular weight is 989 g/mol. The minimum Gasteiger partial charge on any atom is -0.0622 e. The molecule has 0 bridgehead atoms. The molecule has 78 heavy (non-hydrogen) atoms. The van der Waals surface area contributed by atoms with Crippen LogP contribution in [0.3, 0.4) is 0 Å². The lowest BCUT2D eigenvalue weighted by Gasteiger charge is -2.29. The van der Waals surface area contributed by atoms with Crippen molar-refractivity contribution in [1.29, 1.82) is 0 Å². The Hall–Kier alpha value is -10.1. The van der Waals surface area contributed by atoms with Gasteiger partial charge in [0, 0.05) is 0 Å². The van der Waals surface area contributed by atoms with Crippen molar-refractivity contribution < 1.29 is 0 Å². The van der Waals surface area contributed by atoms with Gasteiger partial charge in [0.2, 0.25) is 0 Å². The van der Waals surface area contributed by atoms with Gasteiger partial charge < -0.3 is 0 Å². The summed E-state index contributed by atoms with van der Waals surface area (Å²) in [6.45, 7) is 0. The summed E-state index contributed by atoms with van der Waals surface area (Å²) in [4.78, 5) is 0. The lowest BCUT2D eigenvalue weighted by molar-refractivity contribution is 1.51. The molecule has 14 rings (SSSR count). The summed E-state index contributed by atoms with van der Waals surface area (Å²) in [5.74, 6) is 0. The van der Waals surface area contributed by atoms with Crippen molar-refractivity contribution in [3.8, 4) is 111 Å². The van der Waals surface area contributed by atoms with E-state index in [1.165, 1.54) is 110 Å². The van der Waals surface area contributed by atoms with Gasteiger partial charge in [-0.2, -0.15) is 0 Å². The first kappa shape index (κ1) is 46.4. The predicted octanol–water partition coefficient (Wildman–Crippen LogP) is 21.8. The van der Waals surface area contributed by atoms with E-state index in [0.717, 1.165) is 33.4 Å². The summed E-state index contributed by atoms with van der Waals surface area (Å²) in [5, 5.41) is 7.48. The Morgan fingerprint density at radius 3 is 0.449 bits per heavy atom. The Labute approximate surface area is 456 Å². The second kappa shape index (κ2) is 20.2. The quantitative estimate of drug-likeness (QED) is 0.120. The lowest BCUT2D eigenvalue weighted by atomic mass is 9.74. The van der Waals surface area contributed by atoms with Crippen LogP contribution in [0.2, 0.25) is 0 Å². The molecular weight excluding hydrogens is 937 g/mol. The highest BCUT2D eigenvalue weighted by molar-refractivity contribution is 6.35. The minimum absolute atomic E-state index is 1.13. The van der Waals surface area contributed by atoms with Crippen LogP contribution in [-0.2, 0) is 0 Å². The summed E-state index contributed by atoms with van der Waals surface area (Å²) < 4.78 is 0. The molecule has 0 aliphatic carbocycles. The molecule has 0 amide bonds. The monoisotopic (exact) mass is 988 g/mol. The zero-order valence-electron chi connectivity index (χ0n) is 43.0. The van der Waals surface area contributed by atoms with E-state index in [0.29, 0.717) is 0 Å². The van der Waals surface area contributed by atoms with Gasteiger partial charge in [0.15, 0.2) is 0 Å². The van der Waals surface area contributed by atoms with E-state index in [4.69, 9.17) is 0 Å². The van der Waals surface area contributed by atoms with Crippen molar-refractivity contribution in [2.75, 3.05) is 0 Å². The van der Waals surface area contributed by atoms with Crippen LogP contribution in [0.5, 0.6) is 0 Å². The largest absolute Gasteiger partial charge is 0.0622 e. The van der Waals surface area contributed by atoms with Gasteiger partial charge in [-0.05, 0) is 144 Å². The first-order chi connectivity index (χ1) is 38.8. The van der Waals surface area contributed by atoms with Crippen molar-refractivity contribution in [3.63, 3.8) is 0 Å². The second-order valence-corrected chi connectivity index (χ2v) is 20.1. The molecule has 0 radical (unpaired) electrons. The van der Waals surface area contributed by atoms with E-state index in [2.05, 4.69) is 315 Å². The van der Waals surface area contributed by atoms with E-state index in [-0.39, 0.29) is 0 Å². The van der Waals surface area contributed by atoms with Crippen LogP contribution in [0.1, 0.15) is 0 Å². The van der Waals surface area contributed by atoms with Crippen LogP contribution in [0.4, 0.5) is 0 Å². The van der Waals surface area contributed by atoms with Gasteiger partial charge in [-0.1, -0.05) is 315 Å². The number of hydrogen-bond acceptors (Lipinski definition) is 0. The first-order valence-corrected chi connectivity index (χ1v) is 27.0. The third kappa shape index (κ3) is 8.02. The highest BCUT2D eigenvalue weighted by Gasteiger charge is 2.31. The molecule has 0 unspecified atom stereocenters. The number of hydrogen-bond donors (Lipinski definition) is 0. The molecule has 0 saturated carbocycles. The molecule has 0 aromatic heterocycles. The van der Waals surface area contributed by atoms with E-state index < -0.39 is 0 Å². The SMILES string of the molecule is c1ccc(-c2c(-c3ccccc3)c(-c3ccccc3)c(-c3ccc(-c4c(-c5ccccc5)c(-c5ccccc5)c5c6ccccc6c6ccccc6c5c4-c4ccccc4)cc3)c(-c3ccccc3)c2-c2ccccc2)cc1. The molecule has 0 heteroatoms. The Kier molecular flexibility index (Phi) is 12.0. The Morgan fingerprint density at radius 2 is 0.244 bits per heavy atom.